The Morgan fingerprint density at radius 3 is 2.19 bits per heavy atom. The van der Waals surface area contributed by atoms with E-state index in [-0.39, 0.29) is 0 Å². The van der Waals surface area contributed by atoms with Crippen LogP contribution < -0.4 is 4.74 Å². The lowest BCUT2D eigenvalue weighted by atomic mass is 10.1. The van der Waals surface area contributed by atoms with Gasteiger partial charge in [-0.2, -0.15) is 0 Å². The fraction of sp³-hybridized carbons (Fsp3) is 0.455. The number of β-amino-alcohol motifs (C(OH)–C–C–N with tert-alkyl or cyclic N) is 1. The third-order valence-electron chi connectivity index (χ3n) is 5.08. The van der Waals surface area contributed by atoms with Crippen LogP contribution in [0.2, 0.25) is 5.02 Å². The van der Waals surface area contributed by atoms with Crippen LogP contribution in [-0.4, -0.2) is 60.3 Å². The number of hydrogen-bond acceptors (Lipinski definition) is 4. The number of para-hydroxylation sites is 1. The summed E-state index contributed by atoms with van der Waals surface area (Å²) >= 11 is 5.95. The molecule has 3 rings (SSSR count). The molecule has 0 saturated carbocycles. The van der Waals surface area contributed by atoms with E-state index < -0.39 is 6.10 Å². The topological polar surface area (TPSA) is 35.9 Å². The molecule has 0 amide bonds. The van der Waals surface area contributed by atoms with Crippen LogP contribution in [0.3, 0.4) is 0 Å². The zero-order valence-corrected chi connectivity index (χ0v) is 17.0. The summed E-state index contributed by atoms with van der Waals surface area (Å²) in [7, 11) is 0. The van der Waals surface area contributed by atoms with Crippen LogP contribution in [0.4, 0.5) is 0 Å². The average molecular weight is 389 g/mol. The number of aliphatic hydroxyl groups excluding tert-OH is 1. The molecule has 1 unspecified atom stereocenters. The fourth-order valence-electron chi connectivity index (χ4n) is 3.54. The predicted octanol–water partition coefficient (Wildman–Crippen LogP) is 3.51. The molecule has 0 spiro atoms. The van der Waals surface area contributed by atoms with E-state index in [4.69, 9.17) is 16.3 Å². The molecule has 1 aliphatic rings. The Balaban J connectivity index is 1.40. The van der Waals surface area contributed by atoms with E-state index in [0.29, 0.717) is 13.2 Å². The SMILES string of the molecule is Cc1cccc(C)c1OCC(O)CN1CCN(Cc2ccc(Cl)cc2)CC1. The second-order valence-corrected chi connectivity index (χ2v) is 7.83. The third kappa shape index (κ3) is 5.94. The number of halogens is 1. The summed E-state index contributed by atoms with van der Waals surface area (Å²) in [4.78, 5) is 4.76. The molecule has 27 heavy (non-hydrogen) atoms. The van der Waals surface area contributed by atoms with Crippen molar-refractivity contribution in [2.24, 2.45) is 0 Å². The Kier molecular flexibility index (Phi) is 7.13. The van der Waals surface area contributed by atoms with Crippen molar-refractivity contribution in [3.8, 4) is 5.75 Å². The van der Waals surface area contributed by atoms with Gasteiger partial charge in [0.1, 0.15) is 18.5 Å². The van der Waals surface area contributed by atoms with Crippen LogP contribution in [0, 0.1) is 13.8 Å². The van der Waals surface area contributed by atoms with Crippen molar-refractivity contribution >= 4 is 11.6 Å². The molecule has 1 fully saturated rings. The Bertz CT molecular complexity index is 707. The third-order valence-corrected chi connectivity index (χ3v) is 5.33. The quantitative estimate of drug-likeness (QED) is 0.787. The monoisotopic (exact) mass is 388 g/mol. The Morgan fingerprint density at radius 1 is 0.963 bits per heavy atom. The summed E-state index contributed by atoms with van der Waals surface area (Å²) in [5.74, 6) is 0.893. The van der Waals surface area contributed by atoms with Gasteiger partial charge >= 0.3 is 0 Å². The van der Waals surface area contributed by atoms with Crippen molar-refractivity contribution in [1.82, 2.24) is 9.80 Å². The van der Waals surface area contributed by atoms with Crippen molar-refractivity contribution in [2.75, 3.05) is 39.3 Å². The Morgan fingerprint density at radius 2 is 1.56 bits per heavy atom. The van der Waals surface area contributed by atoms with E-state index in [1.54, 1.807) is 0 Å². The zero-order chi connectivity index (χ0) is 19.2. The number of ether oxygens (including phenoxy) is 1. The second-order valence-electron chi connectivity index (χ2n) is 7.39. The lowest BCUT2D eigenvalue weighted by Gasteiger charge is -2.35. The first kappa shape index (κ1) is 20.2. The number of aryl methyl sites for hydroxylation is 2. The standard InChI is InChI=1S/C22H29ClN2O2/c1-17-4-3-5-18(2)22(17)27-16-21(26)15-25-12-10-24(11-13-25)14-19-6-8-20(23)9-7-19/h3-9,21,26H,10-16H2,1-2H3. The van der Waals surface area contributed by atoms with Crippen LogP contribution in [0.1, 0.15) is 16.7 Å². The van der Waals surface area contributed by atoms with Gasteiger partial charge in [0.05, 0.1) is 0 Å². The smallest absolute Gasteiger partial charge is 0.125 e. The normalized spacial score (nSPS) is 17.0. The van der Waals surface area contributed by atoms with Gasteiger partial charge in [0, 0.05) is 44.3 Å². The van der Waals surface area contributed by atoms with Gasteiger partial charge < -0.3 is 9.84 Å². The van der Waals surface area contributed by atoms with Crippen molar-refractivity contribution in [1.29, 1.82) is 0 Å². The van der Waals surface area contributed by atoms with Gasteiger partial charge in [-0.25, -0.2) is 0 Å². The predicted molar refractivity (Wildman–Crippen MR) is 111 cm³/mol. The highest BCUT2D eigenvalue weighted by atomic mass is 35.5. The van der Waals surface area contributed by atoms with Gasteiger partial charge in [-0.3, -0.25) is 9.80 Å². The summed E-state index contributed by atoms with van der Waals surface area (Å²) < 4.78 is 5.88. The number of hydrogen-bond donors (Lipinski definition) is 1. The van der Waals surface area contributed by atoms with E-state index in [9.17, 15) is 5.11 Å². The first-order valence-electron chi connectivity index (χ1n) is 9.57. The summed E-state index contributed by atoms with van der Waals surface area (Å²) in [6, 6.07) is 14.2. The van der Waals surface area contributed by atoms with Gasteiger partial charge in [0.15, 0.2) is 0 Å². The molecule has 1 heterocycles. The average Bonchev–Trinajstić information content (AvgIpc) is 2.65. The summed E-state index contributed by atoms with van der Waals surface area (Å²) in [5, 5.41) is 11.2. The lowest BCUT2D eigenvalue weighted by Crippen LogP contribution is -2.48. The van der Waals surface area contributed by atoms with Gasteiger partial charge in [0.25, 0.3) is 0 Å². The molecule has 0 aliphatic carbocycles. The molecule has 0 aromatic heterocycles. The first-order chi connectivity index (χ1) is 13.0. The zero-order valence-electron chi connectivity index (χ0n) is 16.2. The highest BCUT2D eigenvalue weighted by Gasteiger charge is 2.20. The van der Waals surface area contributed by atoms with Gasteiger partial charge in [0.2, 0.25) is 0 Å². The molecule has 1 aliphatic heterocycles. The minimum atomic E-state index is -0.480. The highest BCUT2D eigenvalue weighted by Crippen LogP contribution is 2.22. The number of aliphatic hydroxyl groups is 1. The molecule has 4 nitrogen and oxygen atoms in total. The van der Waals surface area contributed by atoms with E-state index in [1.807, 2.05) is 44.2 Å². The Hall–Kier alpha value is -1.59. The summed E-state index contributed by atoms with van der Waals surface area (Å²) in [6.45, 7) is 9.95. The highest BCUT2D eigenvalue weighted by molar-refractivity contribution is 6.30. The van der Waals surface area contributed by atoms with E-state index in [1.165, 1.54) is 5.56 Å². The Labute approximate surface area is 167 Å². The molecule has 1 N–H and O–H groups in total. The van der Waals surface area contributed by atoms with Crippen LogP contribution in [0.25, 0.3) is 0 Å². The van der Waals surface area contributed by atoms with Gasteiger partial charge in [-0.15, -0.1) is 0 Å². The maximum Gasteiger partial charge on any atom is 0.125 e. The molecular formula is C22H29ClN2O2. The largest absolute Gasteiger partial charge is 0.490 e. The fourth-order valence-corrected chi connectivity index (χ4v) is 3.66. The van der Waals surface area contributed by atoms with Crippen molar-refractivity contribution < 1.29 is 9.84 Å². The first-order valence-corrected chi connectivity index (χ1v) is 9.95. The number of nitrogens with zero attached hydrogens (tertiary/aromatic N) is 2. The van der Waals surface area contributed by atoms with Gasteiger partial charge in [-0.1, -0.05) is 41.9 Å². The van der Waals surface area contributed by atoms with E-state index in [2.05, 4.69) is 21.9 Å². The molecule has 146 valence electrons. The molecule has 0 bridgehead atoms. The van der Waals surface area contributed by atoms with E-state index in [0.717, 1.165) is 54.6 Å². The number of piperazine rings is 1. The molecule has 2 aromatic carbocycles. The van der Waals surface area contributed by atoms with Gasteiger partial charge in [-0.05, 0) is 42.7 Å². The number of benzene rings is 2. The minimum Gasteiger partial charge on any atom is -0.490 e. The maximum absolute atomic E-state index is 10.4. The minimum absolute atomic E-state index is 0.330. The van der Waals surface area contributed by atoms with Crippen molar-refractivity contribution in [3.63, 3.8) is 0 Å². The van der Waals surface area contributed by atoms with Crippen LogP contribution in [0.5, 0.6) is 5.75 Å². The molecule has 1 atom stereocenters. The van der Waals surface area contributed by atoms with Crippen molar-refractivity contribution in [3.05, 3.63) is 64.2 Å². The maximum atomic E-state index is 10.4. The van der Waals surface area contributed by atoms with Crippen molar-refractivity contribution in [2.45, 2.75) is 26.5 Å². The van der Waals surface area contributed by atoms with E-state index >= 15 is 0 Å². The van der Waals surface area contributed by atoms with Crippen LogP contribution in [0.15, 0.2) is 42.5 Å². The van der Waals surface area contributed by atoms with Crippen LogP contribution in [-0.2, 0) is 6.54 Å². The molecule has 5 heteroatoms. The summed E-state index contributed by atoms with van der Waals surface area (Å²) in [5.41, 5.74) is 3.51. The molecule has 2 aromatic rings. The lowest BCUT2D eigenvalue weighted by molar-refractivity contribution is 0.0443. The number of rotatable bonds is 7. The molecule has 1 saturated heterocycles. The molecular weight excluding hydrogens is 360 g/mol. The second kappa shape index (κ2) is 9.56. The summed E-state index contributed by atoms with van der Waals surface area (Å²) in [6.07, 6.45) is -0.480. The molecule has 0 radical (unpaired) electrons. The van der Waals surface area contributed by atoms with Crippen LogP contribution >= 0.6 is 11.6 Å².